The lowest BCUT2D eigenvalue weighted by molar-refractivity contribution is 0.0696. The SMILES string of the molecule is CCc1cc(C(=O)O)cc(Nc2cnn(C)c2)n1. The Hall–Kier alpha value is -2.37. The summed E-state index contributed by atoms with van der Waals surface area (Å²) in [7, 11) is 1.81. The first-order valence-corrected chi connectivity index (χ1v) is 5.58. The molecule has 0 spiro atoms. The first-order chi connectivity index (χ1) is 8.58. The van der Waals surface area contributed by atoms with Crippen molar-refractivity contribution < 1.29 is 9.90 Å². The summed E-state index contributed by atoms with van der Waals surface area (Å²) in [6.45, 7) is 1.93. The smallest absolute Gasteiger partial charge is 0.335 e. The Morgan fingerprint density at radius 1 is 1.50 bits per heavy atom. The van der Waals surface area contributed by atoms with E-state index in [9.17, 15) is 4.79 Å². The highest BCUT2D eigenvalue weighted by molar-refractivity contribution is 5.88. The van der Waals surface area contributed by atoms with Gasteiger partial charge in [0.15, 0.2) is 0 Å². The fourth-order valence-electron chi connectivity index (χ4n) is 1.59. The van der Waals surface area contributed by atoms with Gasteiger partial charge in [0.2, 0.25) is 0 Å². The number of anilines is 2. The van der Waals surface area contributed by atoms with Crippen LogP contribution in [-0.4, -0.2) is 25.8 Å². The summed E-state index contributed by atoms with van der Waals surface area (Å²) in [5.41, 5.74) is 1.74. The van der Waals surface area contributed by atoms with E-state index in [0.29, 0.717) is 12.2 Å². The molecule has 2 rings (SSSR count). The lowest BCUT2D eigenvalue weighted by Crippen LogP contribution is -2.03. The molecular formula is C12H14N4O2. The van der Waals surface area contributed by atoms with Gasteiger partial charge in [0.05, 0.1) is 17.4 Å². The van der Waals surface area contributed by atoms with Crippen molar-refractivity contribution in [3.05, 3.63) is 35.8 Å². The van der Waals surface area contributed by atoms with Crippen molar-refractivity contribution in [2.24, 2.45) is 7.05 Å². The molecule has 0 atom stereocenters. The maximum Gasteiger partial charge on any atom is 0.335 e. The second-order valence-corrected chi connectivity index (χ2v) is 3.92. The molecule has 0 aliphatic rings. The lowest BCUT2D eigenvalue weighted by atomic mass is 10.2. The van der Waals surface area contributed by atoms with Gasteiger partial charge in [0.1, 0.15) is 5.82 Å². The number of pyridine rings is 1. The van der Waals surface area contributed by atoms with E-state index in [4.69, 9.17) is 5.11 Å². The van der Waals surface area contributed by atoms with Crippen molar-refractivity contribution in [3.8, 4) is 0 Å². The van der Waals surface area contributed by atoms with Crippen LogP contribution in [-0.2, 0) is 13.5 Å². The number of carbonyl (C=O) groups is 1. The zero-order valence-electron chi connectivity index (χ0n) is 10.2. The van der Waals surface area contributed by atoms with E-state index in [1.807, 2.05) is 14.0 Å². The zero-order chi connectivity index (χ0) is 13.1. The maximum atomic E-state index is 11.0. The highest BCUT2D eigenvalue weighted by atomic mass is 16.4. The Kier molecular flexibility index (Phi) is 3.27. The third-order valence-corrected chi connectivity index (χ3v) is 2.46. The quantitative estimate of drug-likeness (QED) is 0.860. The van der Waals surface area contributed by atoms with Crippen LogP contribution in [0.5, 0.6) is 0 Å². The minimum Gasteiger partial charge on any atom is -0.478 e. The second kappa shape index (κ2) is 4.87. The molecule has 0 fully saturated rings. The van der Waals surface area contributed by atoms with Crippen molar-refractivity contribution in [2.45, 2.75) is 13.3 Å². The molecule has 6 nitrogen and oxygen atoms in total. The number of hydrogen-bond acceptors (Lipinski definition) is 4. The highest BCUT2D eigenvalue weighted by Crippen LogP contribution is 2.16. The van der Waals surface area contributed by atoms with Crippen molar-refractivity contribution >= 4 is 17.5 Å². The van der Waals surface area contributed by atoms with Crippen LogP contribution >= 0.6 is 0 Å². The number of nitrogens with one attached hydrogen (secondary N) is 1. The van der Waals surface area contributed by atoms with Crippen molar-refractivity contribution in [3.63, 3.8) is 0 Å². The maximum absolute atomic E-state index is 11.0. The molecule has 0 saturated carbocycles. The fourth-order valence-corrected chi connectivity index (χ4v) is 1.59. The Bertz CT molecular complexity index is 577. The molecular weight excluding hydrogens is 232 g/mol. The van der Waals surface area contributed by atoms with E-state index in [1.165, 1.54) is 6.07 Å². The van der Waals surface area contributed by atoms with Gasteiger partial charge in [-0.05, 0) is 18.6 Å². The third-order valence-electron chi connectivity index (χ3n) is 2.46. The van der Waals surface area contributed by atoms with Crippen LogP contribution in [0.3, 0.4) is 0 Å². The van der Waals surface area contributed by atoms with Crippen LogP contribution in [0.25, 0.3) is 0 Å². The normalized spacial score (nSPS) is 10.3. The Labute approximate surface area is 104 Å². The standard InChI is InChI=1S/C12H14N4O2/c1-3-9-4-8(12(17)18)5-11(14-9)15-10-6-13-16(2)7-10/h4-7H,3H2,1-2H3,(H,14,15)(H,17,18). The summed E-state index contributed by atoms with van der Waals surface area (Å²) in [6, 6.07) is 3.09. The molecule has 0 aliphatic heterocycles. The van der Waals surface area contributed by atoms with E-state index in [2.05, 4.69) is 15.4 Å². The summed E-state index contributed by atoms with van der Waals surface area (Å²) < 4.78 is 1.66. The van der Waals surface area contributed by atoms with E-state index in [1.54, 1.807) is 23.1 Å². The van der Waals surface area contributed by atoms with Crippen molar-refractivity contribution in [1.29, 1.82) is 0 Å². The number of carboxylic acid groups (broad SMARTS) is 1. The molecule has 0 unspecified atom stereocenters. The number of aromatic carboxylic acids is 1. The van der Waals surface area contributed by atoms with Crippen molar-refractivity contribution in [2.75, 3.05) is 5.32 Å². The minimum atomic E-state index is -0.957. The van der Waals surface area contributed by atoms with E-state index < -0.39 is 5.97 Å². The Morgan fingerprint density at radius 3 is 2.83 bits per heavy atom. The molecule has 0 aliphatic carbocycles. The first kappa shape index (κ1) is 12.1. The van der Waals surface area contributed by atoms with Crippen LogP contribution in [0.15, 0.2) is 24.5 Å². The van der Waals surface area contributed by atoms with Crippen molar-refractivity contribution in [1.82, 2.24) is 14.8 Å². The molecule has 0 amide bonds. The van der Waals surface area contributed by atoms with Crippen LogP contribution in [0.1, 0.15) is 23.0 Å². The number of aryl methyl sites for hydroxylation is 2. The van der Waals surface area contributed by atoms with E-state index in [0.717, 1.165) is 11.4 Å². The predicted molar refractivity (Wildman–Crippen MR) is 67.1 cm³/mol. The number of aromatic nitrogens is 3. The largest absolute Gasteiger partial charge is 0.478 e. The van der Waals surface area contributed by atoms with Gasteiger partial charge in [-0.2, -0.15) is 5.10 Å². The first-order valence-electron chi connectivity index (χ1n) is 5.58. The van der Waals surface area contributed by atoms with Gasteiger partial charge >= 0.3 is 5.97 Å². The fraction of sp³-hybridized carbons (Fsp3) is 0.250. The Morgan fingerprint density at radius 2 is 2.28 bits per heavy atom. The molecule has 18 heavy (non-hydrogen) atoms. The Balaban J connectivity index is 2.32. The zero-order valence-corrected chi connectivity index (χ0v) is 10.2. The molecule has 0 aromatic carbocycles. The van der Waals surface area contributed by atoms with E-state index >= 15 is 0 Å². The second-order valence-electron chi connectivity index (χ2n) is 3.92. The lowest BCUT2D eigenvalue weighted by Gasteiger charge is -2.06. The summed E-state index contributed by atoms with van der Waals surface area (Å²) in [5.74, 6) is -0.443. The summed E-state index contributed by atoms with van der Waals surface area (Å²) in [5, 5.41) is 16.1. The van der Waals surface area contributed by atoms with Crippen LogP contribution in [0.4, 0.5) is 11.5 Å². The van der Waals surface area contributed by atoms with Gasteiger partial charge in [-0.1, -0.05) is 6.92 Å². The molecule has 2 aromatic rings. The number of hydrogen-bond donors (Lipinski definition) is 2. The van der Waals surface area contributed by atoms with Crippen LogP contribution in [0.2, 0.25) is 0 Å². The number of carboxylic acids is 1. The van der Waals surface area contributed by atoms with Gasteiger partial charge in [0.25, 0.3) is 0 Å². The summed E-state index contributed by atoms with van der Waals surface area (Å²) in [6.07, 6.45) is 4.13. The molecule has 2 heterocycles. The van der Waals surface area contributed by atoms with Gasteiger partial charge in [-0.25, -0.2) is 9.78 Å². The molecule has 2 aromatic heterocycles. The molecule has 0 bridgehead atoms. The minimum absolute atomic E-state index is 0.230. The van der Waals surface area contributed by atoms with Gasteiger partial charge in [-0.3, -0.25) is 4.68 Å². The average molecular weight is 246 g/mol. The summed E-state index contributed by atoms with van der Waals surface area (Å²) >= 11 is 0. The number of rotatable bonds is 4. The monoisotopic (exact) mass is 246 g/mol. The molecule has 2 N–H and O–H groups in total. The topological polar surface area (TPSA) is 80.0 Å². The third kappa shape index (κ3) is 2.65. The average Bonchev–Trinajstić information content (AvgIpc) is 2.74. The summed E-state index contributed by atoms with van der Waals surface area (Å²) in [4.78, 5) is 15.3. The molecule has 0 radical (unpaired) electrons. The molecule has 6 heteroatoms. The van der Waals surface area contributed by atoms with Gasteiger partial charge in [0, 0.05) is 18.9 Å². The van der Waals surface area contributed by atoms with E-state index in [-0.39, 0.29) is 5.56 Å². The molecule has 94 valence electrons. The van der Waals surface area contributed by atoms with Crippen LogP contribution in [0, 0.1) is 0 Å². The molecule has 0 saturated heterocycles. The van der Waals surface area contributed by atoms with Gasteiger partial charge in [-0.15, -0.1) is 0 Å². The highest BCUT2D eigenvalue weighted by Gasteiger charge is 2.08. The van der Waals surface area contributed by atoms with Gasteiger partial charge < -0.3 is 10.4 Å². The predicted octanol–water partition coefficient (Wildman–Crippen LogP) is 1.82. The van der Waals surface area contributed by atoms with Crippen LogP contribution < -0.4 is 5.32 Å². The number of nitrogens with zero attached hydrogens (tertiary/aromatic N) is 3.